The van der Waals surface area contributed by atoms with Gasteiger partial charge in [0.1, 0.15) is 0 Å². The summed E-state index contributed by atoms with van der Waals surface area (Å²) in [6, 6.07) is 10.4. The summed E-state index contributed by atoms with van der Waals surface area (Å²) >= 11 is 3.43. The maximum Gasteiger partial charge on any atom is 0.233 e. The summed E-state index contributed by atoms with van der Waals surface area (Å²) in [5.41, 5.74) is 0.936. The molecule has 2 nitrogen and oxygen atoms in total. The van der Waals surface area contributed by atoms with Crippen LogP contribution in [0.3, 0.4) is 0 Å². The fraction of sp³-hybridized carbons (Fsp3) is 0.500. The van der Waals surface area contributed by atoms with E-state index in [0.717, 1.165) is 18.2 Å². The zero-order chi connectivity index (χ0) is 12.5. The number of amides is 1. The van der Waals surface area contributed by atoms with Crippen molar-refractivity contribution in [2.75, 3.05) is 12.4 Å². The standard InChI is InChI=1S/C14H18BrNO/c1-11(10-15)16(2)13(17)14(8-9-14)12-6-4-3-5-7-12/h3-7,11H,8-10H2,1-2H3. The molecular weight excluding hydrogens is 278 g/mol. The molecule has 1 unspecified atom stereocenters. The molecule has 1 aromatic carbocycles. The van der Waals surface area contributed by atoms with Crippen LogP contribution in [0.1, 0.15) is 25.3 Å². The van der Waals surface area contributed by atoms with Crippen LogP contribution >= 0.6 is 15.9 Å². The van der Waals surface area contributed by atoms with Crippen LogP contribution < -0.4 is 0 Å². The molecule has 1 aromatic rings. The Hall–Kier alpha value is -0.830. The second kappa shape index (κ2) is 4.81. The lowest BCUT2D eigenvalue weighted by Gasteiger charge is -2.28. The van der Waals surface area contributed by atoms with E-state index in [1.54, 1.807) is 0 Å². The second-order valence-corrected chi connectivity index (χ2v) is 5.51. The van der Waals surface area contributed by atoms with E-state index in [9.17, 15) is 4.79 Å². The molecule has 1 amide bonds. The molecule has 1 aliphatic rings. The Labute approximate surface area is 111 Å². The molecule has 0 spiro atoms. The highest BCUT2D eigenvalue weighted by molar-refractivity contribution is 9.09. The lowest BCUT2D eigenvalue weighted by molar-refractivity contribution is -0.134. The Balaban J connectivity index is 2.20. The number of carbonyl (C=O) groups excluding carboxylic acids is 1. The third-order valence-corrected chi connectivity index (χ3v) is 4.63. The number of alkyl halides is 1. The topological polar surface area (TPSA) is 20.3 Å². The Bertz CT molecular complexity index is 400. The van der Waals surface area contributed by atoms with E-state index < -0.39 is 0 Å². The van der Waals surface area contributed by atoms with E-state index in [-0.39, 0.29) is 17.4 Å². The predicted octanol–water partition coefficient (Wildman–Crippen LogP) is 2.96. The SMILES string of the molecule is CC(CBr)N(C)C(=O)C1(c2ccccc2)CC1. The summed E-state index contributed by atoms with van der Waals surface area (Å²) in [4.78, 5) is 14.4. The number of nitrogens with zero attached hydrogens (tertiary/aromatic N) is 1. The van der Waals surface area contributed by atoms with Crippen LogP contribution in [-0.4, -0.2) is 29.2 Å². The third kappa shape index (κ3) is 2.25. The number of halogens is 1. The van der Waals surface area contributed by atoms with Gasteiger partial charge in [0, 0.05) is 18.4 Å². The monoisotopic (exact) mass is 295 g/mol. The van der Waals surface area contributed by atoms with Crippen molar-refractivity contribution in [1.29, 1.82) is 0 Å². The minimum absolute atomic E-state index is 0.230. The molecule has 0 radical (unpaired) electrons. The van der Waals surface area contributed by atoms with Gasteiger partial charge in [-0.3, -0.25) is 4.79 Å². The molecule has 92 valence electrons. The molecule has 2 rings (SSSR count). The van der Waals surface area contributed by atoms with E-state index in [4.69, 9.17) is 0 Å². The maximum atomic E-state index is 12.5. The predicted molar refractivity (Wildman–Crippen MR) is 73.4 cm³/mol. The molecule has 0 N–H and O–H groups in total. The average Bonchev–Trinajstić information content (AvgIpc) is 3.18. The highest BCUT2D eigenvalue weighted by Crippen LogP contribution is 2.49. The molecule has 1 fully saturated rings. The molecular formula is C14H18BrNO. The van der Waals surface area contributed by atoms with Gasteiger partial charge >= 0.3 is 0 Å². The Morgan fingerprint density at radius 1 is 1.41 bits per heavy atom. The summed E-state index contributed by atoms with van der Waals surface area (Å²) in [5, 5.41) is 0.820. The van der Waals surface area contributed by atoms with Crippen molar-refractivity contribution in [2.24, 2.45) is 0 Å². The lowest BCUT2D eigenvalue weighted by atomic mass is 9.94. The molecule has 17 heavy (non-hydrogen) atoms. The van der Waals surface area contributed by atoms with Gasteiger partial charge < -0.3 is 4.90 Å². The van der Waals surface area contributed by atoms with E-state index in [2.05, 4.69) is 35.0 Å². The number of rotatable bonds is 4. The summed E-state index contributed by atoms with van der Waals surface area (Å²) in [6.45, 7) is 2.06. The molecule has 0 saturated heterocycles. The van der Waals surface area contributed by atoms with Crippen LogP contribution in [0.15, 0.2) is 30.3 Å². The van der Waals surface area contributed by atoms with Crippen molar-refractivity contribution in [3.63, 3.8) is 0 Å². The molecule has 1 saturated carbocycles. The smallest absolute Gasteiger partial charge is 0.233 e. The Morgan fingerprint density at radius 2 is 2.00 bits per heavy atom. The molecule has 0 aromatic heterocycles. The zero-order valence-electron chi connectivity index (χ0n) is 10.3. The highest BCUT2D eigenvalue weighted by Gasteiger charge is 2.52. The number of benzene rings is 1. The quantitative estimate of drug-likeness (QED) is 0.782. The van der Waals surface area contributed by atoms with Crippen LogP contribution in [-0.2, 0) is 10.2 Å². The third-order valence-electron chi connectivity index (χ3n) is 3.69. The summed E-state index contributed by atoms with van der Waals surface area (Å²) in [5.74, 6) is 0.260. The molecule has 0 bridgehead atoms. The van der Waals surface area contributed by atoms with Crippen LogP contribution in [0.25, 0.3) is 0 Å². The van der Waals surface area contributed by atoms with Gasteiger partial charge in [-0.25, -0.2) is 0 Å². The van der Waals surface area contributed by atoms with Crippen LogP contribution in [0, 0.1) is 0 Å². The van der Waals surface area contributed by atoms with Crippen LogP contribution in [0.2, 0.25) is 0 Å². The van der Waals surface area contributed by atoms with Crippen molar-refractivity contribution in [2.45, 2.75) is 31.2 Å². The van der Waals surface area contributed by atoms with Gasteiger partial charge in [-0.05, 0) is 25.3 Å². The van der Waals surface area contributed by atoms with Crippen LogP contribution in [0.5, 0.6) is 0 Å². The molecule has 3 heteroatoms. The van der Waals surface area contributed by atoms with E-state index >= 15 is 0 Å². The maximum absolute atomic E-state index is 12.5. The summed E-state index contributed by atoms with van der Waals surface area (Å²) < 4.78 is 0. The average molecular weight is 296 g/mol. The largest absolute Gasteiger partial charge is 0.341 e. The fourth-order valence-corrected chi connectivity index (χ4v) is 2.58. The van der Waals surface area contributed by atoms with Gasteiger partial charge in [-0.15, -0.1) is 0 Å². The van der Waals surface area contributed by atoms with E-state index in [1.807, 2.05) is 30.1 Å². The molecule has 1 aliphatic carbocycles. The van der Waals surface area contributed by atoms with Gasteiger partial charge in [-0.1, -0.05) is 46.3 Å². The van der Waals surface area contributed by atoms with Gasteiger partial charge in [-0.2, -0.15) is 0 Å². The van der Waals surface area contributed by atoms with E-state index in [1.165, 1.54) is 5.56 Å². The first-order valence-electron chi connectivity index (χ1n) is 6.00. The molecule has 1 atom stereocenters. The Kier molecular flexibility index (Phi) is 3.57. The van der Waals surface area contributed by atoms with Gasteiger partial charge in [0.15, 0.2) is 0 Å². The van der Waals surface area contributed by atoms with Gasteiger partial charge in [0.25, 0.3) is 0 Å². The molecule has 0 aliphatic heterocycles. The van der Waals surface area contributed by atoms with Gasteiger partial charge in [0.05, 0.1) is 5.41 Å². The summed E-state index contributed by atoms with van der Waals surface area (Å²) in [7, 11) is 1.90. The molecule has 0 heterocycles. The first-order chi connectivity index (χ1) is 8.12. The van der Waals surface area contributed by atoms with Crippen molar-refractivity contribution in [3.8, 4) is 0 Å². The number of hydrogen-bond acceptors (Lipinski definition) is 1. The van der Waals surface area contributed by atoms with E-state index in [0.29, 0.717) is 0 Å². The fourth-order valence-electron chi connectivity index (χ4n) is 2.15. The van der Waals surface area contributed by atoms with Crippen molar-refractivity contribution in [1.82, 2.24) is 4.90 Å². The number of likely N-dealkylation sites (N-methyl/N-ethyl adjacent to an activating group) is 1. The van der Waals surface area contributed by atoms with Crippen molar-refractivity contribution in [3.05, 3.63) is 35.9 Å². The van der Waals surface area contributed by atoms with Gasteiger partial charge in [0.2, 0.25) is 5.91 Å². The number of hydrogen-bond donors (Lipinski definition) is 0. The highest BCUT2D eigenvalue weighted by atomic mass is 79.9. The first kappa shape index (κ1) is 12.6. The summed E-state index contributed by atoms with van der Waals surface area (Å²) in [6.07, 6.45) is 1.96. The number of carbonyl (C=O) groups is 1. The normalized spacial score (nSPS) is 18.5. The zero-order valence-corrected chi connectivity index (χ0v) is 11.9. The minimum Gasteiger partial charge on any atom is -0.341 e. The second-order valence-electron chi connectivity index (χ2n) is 4.87. The first-order valence-corrected chi connectivity index (χ1v) is 7.13. The Morgan fingerprint density at radius 3 is 2.47 bits per heavy atom. The van der Waals surface area contributed by atoms with Crippen molar-refractivity contribution < 1.29 is 4.79 Å². The lowest BCUT2D eigenvalue weighted by Crippen LogP contribution is -2.42. The van der Waals surface area contributed by atoms with Crippen LogP contribution in [0.4, 0.5) is 0 Å². The minimum atomic E-state index is -0.230. The van der Waals surface area contributed by atoms with Crippen molar-refractivity contribution >= 4 is 21.8 Å².